The van der Waals surface area contributed by atoms with Crippen LogP contribution in [0.5, 0.6) is 0 Å². The summed E-state index contributed by atoms with van der Waals surface area (Å²) in [5.41, 5.74) is 0. The molecule has 0 saturated heterocycles. The molecule has 0 aromatic rings. The van der Waals surface area contributed by atoms with E-state index in [0.717, 1.165) is 0 Å². The van der Waals surface area contributed by atoms with Crippen molar-refractivity contribution in [2.75, 3.05) is 0 Å². The number of hydrogen-bond donors (Lipinski definition) is 0. The van der Waals surface area contributed by atoms with Gasteiger partial charge in [-0.15, -0.1) is 0 Å². The molecule has 0 rings (SSSR count). The zero-order valence-electron chi connectivity index (χ0n) is 1.26. The molecule has 0 aliphatic rings. The molecule has 2 radical (unpaired) electrons. The van der Waals surface area contributed by atoms with Gasteiger partial charge < -0.3 is 0 Å². The quantitative estimate of drug-likeness (QED) is 0.505. The zero-order chi connectivity index (χ0) is 2.71. The van der Waals surface area contributed by atoms with Crippen molar-refractivity contribution in [2.45, 2.75) is 0 Å². The summed E-state index contributed by atoms with van der Waals surface area (Å²) < 4.78 is 0. The summed E-state index contributed by atoms with van der Waals surface area (Å²) in [5, 5.41) is 0. The van der Waals surface area contributed by atoms with Crippen LogP contribution in [0.4, 0.5) is 0 Å². The summed E-state index contributed by atoms with van der Waals surface area (Å²) in [6.07, 6.45) is 0. The number of halogens is 2. The van der Waals surface area contributed by atoms with Crippen LogP contribution in [0.15, 0.2) is 0 Å². The van der Waals surface area contributed by atoms with Gasteiger partial charge in [0.1, 0.15) is 0 Å². The van der Waals surface area contributed by atoms with Gasteiger partial charge >= 0.3 is 107 Å². The predicted octanol–water partition coefficient (Wildman–Crippen LogP) is 0.350. The van der Waals surface area contributed by atoms with Crippen LogP contribution in [0.25, 0.3) is 0 Å². The second-order valence-electron chi connectivity index (χ2n) is 0.0714. The molecule has 4 heteroatoms. The standard InChI is InChI=1S/2ClH.Cs.Pb.H/h2*1H;;;/q;;;+2;/p-2. The molecule has 0 aliphatic carbocycles. The van der Waals surface area contributed by atoms with E-state index in [-0.39, 0.29) is 68.9 Å². The SMILES string of the molecule is [Cl][Pb][Cl].[CsH]. The molecule has 0 bridgehead atoms. The molecular weight excluding hydrogens is 411 g/mol. The van der Waals surface area contributed by atoms with E-state index in [4.69, 9.17) is 16.6 Å². The Morgan fingerprint density at radius 3 is 1.25 bits per heavy atom. The van der Waals surface area contributed by atoms with Gasteiger partial charge in [0.2, 0.25) is 0 Å². The average molecular weight is 412 g/mol. The van der Waals surface area contributed by atoms with Crippen molar-refractivity contribution in [1.82, 2.24) is 0 Å². The minimum absolute atomic E-state index is 0. The molecule has 0 aromatic carbocycles. The summed E-state index contributed by atoms with van der Waals surface area (Å²) in [4.78, 5) is 0. The van der Waals surface area contributed by atoms with Gasteiger partial charge in [-0.3, -0.25) is 0 Å². The van der Waals surface area contributed by atoms with Crippen LogP contribution in [0.2, 0.25) is 0 Å². The van der Waals surface area contributed by atoms with Crippen molar-refractivity contribution in [3.8, 4) is 0 Å². The second kappa shape index (κ2) is 9.75. The molecule has 0 amide bonds. The van der Waals surface area contributed by atoms with Crippen LogP contribution in [-0.4, -0.2) is 90.7 Å². The van der Waals surface area contributed by atoms with Crippen molar-refractivity contribution >= 4 is 107 Å². The third kappa shape index (κ3) is 9.12. The van der Waals surface area contributed by atoms with Crippen molar-refractivity contribution in [3.05, 3.63) is 0 Å². The minimum atomic E-state index is -0.972. The Morgan fingerprint density at radius 2 is 1.25 bits per heavy atom. The molecule has 0 fully saturated rings. The Morgan fingerprint density at radius 1 is 1.25 bits per heavy atom. The molecule has 0 unspecified atom stereocenters. The molecule has 0 heterocycles. The Bertz CT molecular complexity index is 6.00. The summed E-state index contributed by atoms with van der Waals surface area (Å²) in [6.45, 7) is 0. The van der Waals surface area contributed by atoms with Crippen molar-refractivity contribution in [3.63, 3.8) is 0 Å². The van der Waals surface area contributed by atoms with Gasteiger partial charge in [0.15, 0.2) is 0 Å². The third-order valence-electron chi connectivity index (χ3n) is 0. The fourth-order valence-corrected chi connectivity index (χ4v) is 0. The van der Waals surface area contributed by atoms with Gasteiger partial charge in [-0.2, -0.15) is 0 Å². The van der Waals surface area contributed by atoms with Crippen LogP contribution in [0.3, 0.4) is 0 Å². The molecular formula is HCl2CsPb. The summed E-state index contributed by atoms with van der Waals surface area (Å²) in [5.74, 6) is 0. The molecule has 0 aromatic heterocycles. The van der Waals surface area contributed by atoms with E-state index in [2.05, 4.69) is 0 Å². The first-order valence-corrected chi connectivity index (χ1v) is 9.95. The number of hydrogen-bond acceptors (Lipinski definition) is 0. The zero-order valence-corrected chi connectivity index (χ0v) is 6.66. The Labute approximate surface area is 104 Å². The fourth-order valence-electron chi connectivity index (χ4n) is 0. The van der Waals surface area contributed by atoms with E-state index in [1.54, 1.807) is 0 Å². The van der Waals surface area contributed by atoms with E-state index < -0.39 is 21.8 Å². The normalized spacial score (nSPS) is 4.50. The number of rotatable bonds is 0. The summed E-state index contributed by atoms with van der Waals surface area (Å²) >= 11 is -0.972. The molecule has 4 heavy (non-hydrogen) atoms. The Hall–Kier alpha value is 3.55. The molecule has 0 nitrogen and oxygen atoms in total. The maximum absolute atomic E-state index is 4.96. The summed E-state index contributed by atoms with van der Waals surface area (Å²) in [6, 6.07) is 0. The van der Waals surface area contributed by atoms with Crippen molar-refractivity contribution in [1.29, 1.82) is 0 Å². The Balaban J connectivity index is 0. The molecule has 0 atom stereocenters. The van der Waals surface area contributed by atoms with Crippen LogP contribution < -0.4 is 0 Å². The molecule has 0 saturated carbocycles. The van der Waals surface area contributed by atoms with Gasteiger partial charge in [0.05, 0.1) is 0 Å². The van der Waals surface area contributed by atoms with Gasteiger partial charge in [-0.25, -0.2) is 0 Å². The van der Waals surface area contributed by atoms with E-state index >= 15 is 0 Å². The second-order valence-corrected chi connectivity index (χ2v) is 5.64. The first-order chi connectivity index (χ1) is 1.41. The van der Waals surface area contributed by atoms with Gasteiger partial charge in [0.25, 0.3) is 0 Å². The topological polar surface area (TPSA) is 0 Å². The van der Waals surface area contributed by atoms with Crippen LogP contribution >= 0.6 is 16.6 Å². The monoisotopic (exact) mass is 412 g/mol. The van der Waals surface area contributed by atoms with Gasteiger partial charge in [0, 0.05) is 0 Å². The molecule has 20 valence electrons. The van der Waals surface area contributed by atoms with Crippen LogP contribution in [0.1, 0.15) is 0 Å². The van der Waals surface area contributed by atoms with Crippen molar-refractivity contribution < 1.29 is 0 Å². The van der Waals surface area contributed by atoms with E-state index in [9.17, 15) is 0 Å². The fraction of sp³-hybridized carbons (Fsp3) is 0. The molecule has 0 spiro atoms. The van der Waals surface area contributed by atoms with Gasteiger partial charge in [-0.1, -0.05) is 0 Å². The van der Waals surface area contributed by atoms with E-state index in [0.29, 0.717) is 0 Å². The van der Waals surface area contributed by atoms with Crippen molar-refractivity contribution in [2.24, 2.45) is 0 Å². The predicted molar refractivity (Wildman–Crippen MR) is 24.6 cm³/mol. The first kappa shape index (κ1) is 10.5. The Kier molecular flexibility index (Phi) is 25.6. The average Bonchev–Trinajstić information content (AvgIpc) is 0.918. The first-order valence-electron chi connectivity index (χ1n) is 0.378. The van der Waals surface area contributed by atoms with Gasteiger partial charge in [-0.05, 0) is 0 Å². The maximum atomic E-state index is 4.96. The van der Waals surface area contributed by atoms with Crippen LogP contribution in [-0.2, 0) is 0 Å². The molecule has 0 aliphatic heterocycles. The molecule has 0 N–H and O–H groups in total. The third-order valence-corrected chi connectivity index (χ3v) is 0. The van der Waals surface area contributed by atoms with E-state index in [1.807, 2.05) is 0 Å². The summed E-state index contributed by atoms with van der Waals surface area (Å²) in [7, 11) is 9.92. The van der Waals surface area contributed by atoms with E-state index in [1.165, 1.54) is 0 Å². The van der Waals surface area contributed by atoms with Crippen LogP contribution in [0, 0.1) is 0 Å².